The van der Waals surface area contributed by atoms with Gasteiger partial charge in [0.15, 0.2) is 5.82 Å². The topological polar surface area (TPSA) is 89.6 Å². The number of nitrogens with zero attached hydrogens (tertiary/aromatic N) is 3. The first-order chi connectivity index (χ1) is 8.13. The highest BCUT2D eigenvalue weighted by molar-refractivity contribution is 5.52. The highest BCUT2D eigenvalue weighted by Crippen LogP contribution is 2.14. The lowest BCUT2D eigenvalue weighted by molar-refractivity contribution is 0.877. The molecule has 2 aromatic heterocycles. The maximum atomic E-state index is 11.9. The van der Waals surface area contributed by atoms with Crippen LogP contribution in [0.1, 0.15) is 18.9 Å². The largest absolute Gasteiger partial charge is 0.383 e. The molecule has 0 aliphatic carbocycles. The van der Waals surface area contributed by atoms with E-state index in [1.165, 1.54) is 0 Å². The highest BCUT2D eigenvalue weighted by Gasteiger charge is 2.11. The Morgan fingerprint density at radius 1 is 1.53 bits per heavy atom. The number of aryl methyl sites for hydroxylation is 1. The Labute approximate surface area is 98.5 Å². The number of nitrogens with two attached hydrogens (primary N) is 1. The van der Waals surface area contributed by atoms with Crippen LogP contribution in [-0.4, -0.2) is 19.5 Å². The molecule has 2 heterocycles. The molecule has 0 bridgehead atoms. The van der Waals surface area contributed by atoms with Crippen LogP contribution in [0.5, 0.6) is 0 Å². The maximum absolute atomic E-state index is 11.9. The number of H-pyrrole nitrogens is 1. The van der Waals surface area contributed by atoms with E-state index >= 15 is 0 Å². The van der Waals surface area contributed by atoms with E-state index in [9.17, 15) is 4.79 Å². The number of aromatic amines is 1. The minimum Gasteiger partial charge on any atom is -0.383 e. The van der Waals surface area contributed by atoms with Gasteiger partial charge in [0.1, 0.15) is 11.5 Å². The molecule has 90 valence electrons. The highest BCUT2D eigenvalue weighted by atomic mass is 16.1. The molecule has 0 amide bonds. The van der Waals surface area contributed by atoms with E-state index in [2.05, 4.69) is 15.0 Å². The zero-order valence-corrected chi connectivity index (χ0v) is 9.90. The monoisotopic (exact) mass is 233 g/mol. The molecule has 17 heavy (non-hydrogen) atoms. The van der Waals surface area contributed by atoms with Crippen LogP contribution in [0.25, 0.3) is 11.5 Å². The van der Waals surface area contributed by atoms with E-state index in [1.54, 1.807) is 17.1 Å². The van der Waals surface area contributed by atoms with Crippen molar-refractivity contribution in [2.24, 2.45) is 7.05 Å². The van der Waals surface area contributed by atoms with Crippen molar-refractivity contribution in [3.63, 3.8) is 0 Å². The summed E-state index contributed by atoms with van der Waals surface area (Å²) in [4.78, 5) is 22.8. The van der Waals surface area contributed by atoms with E-state index in [0.29, 0.717) is 23.6 Å². The molecule has 0 aliphatic rings. The molecular weight excluding hydrogens is 218 g/mol. The van der Waals surface area contributed by atoms with E-state index in [0.717, 1.165) is 12.1 Å². The van der Waals surface area contributed by atoms with Gasteiger partial charge in [-0.3, -0.25) is 4.79 Å². The standard InChI is InChI=1S/C11H15N5O/c1-3-4-7-9(12)14-10(15-11(7)17)8-5-13-6-16(8)2/h5-6H,3-4H2,1-2H3,(H3,12,14,15,17). The molecule has 0 saturated heterocycles. The molecule has 0 atom stereocenters. The summed E-state index contributed by atoms with van der Waals surface area (Å²) in [5.41, 5.74) is 6.92. The Bertz CT molecular complexity index is 584. The van der Waals surface area contributed by atoms with Gasteiger partial charge in [0, 0.05) is 7.05 Å². The number of rotatable bonds is 3. The average Bonchev–Trinajstić information content (AvgIpc) is 2.69. The smallest absolute Gasteiger partial charge is 0.256 e. The van der Waals surface area contributed by atoms with Crippen LogP contribution in [0.4, 0.5) is 5.82 Å². The summed E-state index contributed by atoms with van der Waals surface area (Å²) >= 11 is 0. The lowest BCUT2D eigenvalue weighted by atomic mass is 10.2. The summed E-state index contributed by atoms with van der Waals surface area (Å²) in [6.07, 6.45) is 4.78. The quantitative estimate of drug-likeness (QED) is 0.816. The molecular formula is C11H15N5O. The van der Waals surface area contributed by atoms with Crippen molar-refractivity contribution in [2.45, 2.75) is 19.8 Å². The zero-order chi connectivity index (χ0) is 12.4. The van der Waals surface area contributed by atoms with Gasteiger partial charge >= 0.3 is 0 Å². The second kappa shape index (κ2) is 4.40. The molecule has 3 N–H and O–H groups in total. The Kier molecular flexibility index (Phi) is 2.95. The van der Waals surface area contributed by atoms with Crippen molar-refractivity contribution >= 4 is 5.82 Å². The van der Waals surface area contributed by atoms with Gasteiger partial charge in [-0.1, -0.05) is 13.3 Å². The van der Waals surface area contributed by atoms with E-state index in [4.69, 9.17) is 5.73 Å². The number of nitrogens with one attached hydrogen (secondary N) is 1. The fourth-order valence-electron chi connectivity index (χ4n) is 1.71. The molecule has 2 aromatic rings. The van der Waals surface area contributed by atoms with Gasteiger partial charge in [0.05, 0.1) is 18.1 Å². The number of nitrogen functional groups attached to an aromatic ring is 1. The predicted molar refractivity (Wildman–Crippen MR) is 65.5 cm³/mol. The lowest BCUT2D eigenvalue weighted by Gasteiger charge is -2.06. The molecule has 0 spiro atoms. The zero-order valence-electron chi connectivity index (χ0n) is 9.90. The lowest BCUT2D eigenvalue weighted by Crippen LogP contribution is -2.18. The maximum Gasteiger partial charge on any atom is 0.256 e. The minimum atomic E-state index is -0.171. The number of anilines is 1. The van der Waals surface area contributed by atoms with Gasteiger partial charge in [-0.15, -0.1) is 0 Å². The van der Waals surface area contributed by atoms with Crippen molar-refractivity contribution in [3.05, 3.63) is 28.4 Å². The first-order valence-electron chi connectivity index (χ1n) is 5.48. The molecule has 0 unspecified atom stereocenters. The third-order valence-corrected chi connectivity index (χ3v) is 2.61. The van der Waals surface area contributed by atoms with Crippen molar-refractivity contribution in [1.82, 2.24) is 19.5 Å². The summed E-state index contributed by atoms with van der Waals surface area (Å²) in [5.74, 6) is 0.749. The summed E-state index contributed by atoms with van der Waals surface area (Å²) in [5, 5.41) is 0. The molecule has 0 radical (unpaired) electrons. The average molecular weight is 233 g/mol. The van der Waals surface area contributed by atoms with E-state index in [-0.39, 0.29) is 5.56 Å². The van der Waals surface area contributed by atoms with E-state index < -0.39 is 0 Å². The summed E-state index contributed by atoms with van der Waals surface area (Å²) in [7, 11) is 1.83. The first-order valence-corrected chi connectivity index (χ1v) is 5.48. The van der Waals surface area contributed by atoms with Crippen molar-refractivity contribution in [2.75, 3.05) is 5.73 Å². The number of hydrogen-bond acceptors (Lipinski definition) is 4. The summed E-state index contributed by atoms with van der Waals surface area (Å²) < 4.78 is 1.78. The fraction of sp³-hybridized carbons (Fsp3) is 0.364. The molecule has 0 fully saturated rings. The van der Waals surface area contributed by atoms with Crippen molar-refractivity contribution < 1.29 is 0 Å². The van der Waals surface area contributed by atoms with Crippen molar-refractivity contribution in [3.8, 4) is 11.5 Å². The van der Waals surface area contributed by atoms with E-state index in [1.807, 2.05) is 14.0 Å². The van der Waals surface area contributed by atoms with Crippen LogP contribution >= 0.6 is 0 Å². The third kappa shape index (κ3) is 2.06. The number of imidazole rings is 1. The Balaban J connectivity index is 2.53. The summed E-state index contributed by atoms with van der Waals surface area (Å²) in [6.45, 7) is 1.99. The second-order valence-electron chi connectivity index (χ2n) is 3.92. The molecule has 0 saturated carbocycles. The minimum absolute atomic E-state index is 0.171. The molecule has 0 aliphatic heterocycles. The predicted octanol–water partition coefficient (Wildman–Crippen LogP) is 0.705. The van der Waals surface area contributed by atoms with Crippen LogP contribution in [0.15, 0.2) is 17.3 Å². The van der Waals surface area contributed by atoms with Crippen molar-refractivity contribution in [1.29, 1.82) is 0 Å². The summed E-state index contributed by atoms with van der Waals surface area (Å²) in [6, 6.07) is 0. The Hall–Kier alpha value is -2.11. The Morgan fingerprint density at radius 2 is 2.29 bits per heavy atom. The van der Waals surface area contributed by atoms with Gasteiger partial charge < -0.3 is 15.3 Å². The number of hydrogen-bond donors (Lipinski definition) is 2. The van der Waals surface area contributed by atoms with Crippen LogP contribution < -0.4 is 11.3 Å². The first kappa shape index (κ1) is 11.4. The van der Waals surface area contributed by atoms with Gasteiger partial charge in [0.2, 0.25) is 0 Å². The molecule has 6 nitrogen and oxygen atoms in total. The number of aromatic nitrogens is 4. The van der Waals surface area contributed by atoms with Gasteiger partial charge in [-0.25, -0.2) is 9.97 Å². The molecule has 2 rings (SSSR count). The van der Waals surface area contributed by atoms with Gasteiger partial charge in [-0.05, 0) is 6.42 Å². The normalized spacial score (nSPS) is 10.7. The van der Waals surface area contributed by atoms with Crippen LogP contribution in [0.2, 0.25) is 0 Å². The molecule has 6 heteroatoms. The van der Waals surface area contributed by atoms with Crippen LogP contribution in [0.3, 0.4) is 0 Å². The van der Waals surface area contributed by atoms with Crippen LogP contribution in [-0.2, 0) is 13.5 Å². The van der Waals surface area contributed by atoms with Gasteiger partial charge in [-0.2, -0.15) is 0 Å². The Morgan fingerprint density at radius 3 is 2.82 bits per heavy atom. The van der Waals surface area contributed by atoms with Gasteiger partial charge in [0.25, 0.3) is 5.56 Å². The fourth-order valence-corrected chi connectivity index (χ4v) is 1.71. The SMILES string of the molecule is CCCc1c(N)nc(-c2cncn2C)[nH]c1=O. The van der Waals surface area contributed by atoms with Crippen LogP contribution in [0, 0.1) is 0 Å². The third-order valence-electron chi connectivity index (χ3n) is 2.61. The second-order valence-corrected chi connectivity index (χ2v) is 3.92. The molecule has 0 aromatic carbocycles.